The van der Waals surface area contributed by atoms with Crippen LogP contribution >= 0.6 is 11.6 Å². The third kappa shape index (κ3) is 3.52. The Morgan fingerprint density at radius 2 is 1.79 bits per heavy atom. The molecule has 4 aliphatic rings. The monoisotopic (exact) mass is 404 g/mol. The molecule has 0 bridgehead atoms. The van der Waals surface area contributed by atoms with Crippen LogP contribution in [0.3, 0.4) is 0 Å². The summed E-state index contributed by atoms with van der Waals surface area (Å²) in [6.45, 7) is 12.7. The Balaban J connectivity index is 1.49. The summed E-state index contributed by atoms with van der Waals surface area (Å²) in [7, 11) is 0. The van der Waals surface area contributed by atoms with Gasteiger partial charge in [0.25, 0.3) is 0 Å². The van der Waals surface area contributed by atoms with Gasteiger partial charge in [-0.3, -0.25) is 0 Å². The van der Waals surface area contributed by atoms with Crippen LogP contribution in [-0.4, -0.2) is 5.38 Å². The van der Waals surface area contributed by atoms with Crippen LogP contribution in [0.4, 0.5) is 0 Å². The van der Waals surface area contributed by atoms with E-state index in [0.717, 1.165) is 35.5 Å². The highest BCUT2D eigenvalue weighted by atomic mass is 35.5. The minimum Gasteiger partial charge on any atom is -0.123 e. The molecular weight excluding hydrogens is 360 g/mol. The SMILES string of the molecule is CC(C)CCC[C@@H](C)[C@H]1CC[C@@H]2[C@@H]3CC=C4C[C@@H](Cl)CC[C@]4(C)[C@@H]3CC[C@@]21C. The number of halogens is 1. The Labute approximate surface area is 180 Å². The summed E-state index contributed by atoms with van der Waals surface area (Å²) < 4.78 is 0. The van der Waals surface area contributed by atoms with E-state index in [1.165, 1.54) is 70.6 Å². The fourth-order valence-electron chi connectivity index (χ4n) is 8.64. The van der Waals surface area contributed by atoms with Crippen molar-refractivity contribution in [3.05, 3.63) is 11.6 Å². The van der Waals surface area contributed by atoms with Gasteiger partial charge in [0.15, 0.2) is 0 Å². The number of fused-ring (bicyclic) bond motifs is 5. The van der Waals surface area contributed by atoms with Gasteiger partial charge in [-0.25, -0.2) is 0 Å². The highest BCUT2D eigenvalue weighted by Crippen LogP contribution is 2.67. The molecule has 4 aliphatic carbocycles. The molecule has 28 heavy (non-hydrogen) atoms. The predicted molar refractivity (Wildman–Crippen MR) is 123 cm³/mol. The summed E-state index contributed by atoms with van der Waals surface area (Å²) >= 11 is 6.56. The van der Waals surface area contributed by atoms with Gasteiger partial charge in [0, 0.05) is 5.38 Å². The maximum absolute atomic E-state index is 6.56. The minimum atomic E-state index is 0.396. The molecule has 1 heteroatoms. The lowest BCUT2D eigenvalue weighted by molar-refractivity contribution is -0.0498. The maximum Gasteiger partial charge on any atom is 0.0373 e. The van der Waals surface area contributed by atoms with Crippen molar-refractivity contribution in [2.24, 2.45) is 46.3 Å². The molecule has 0 aromatic rings. The second-order valence-corrected chi connectivity index (χ2v) is 12.7. The molecule has 0 aromatic heterocycles. The predicted octanol–water partition coefficient (Wildman–Crippen LogP) is 8.64. The zero-order valence-corrected chi connectivity index (χ0v) is 20.0. The smallest absolute Gasteiger partial charge is 0.0373 e. The molecule has 0 N–H and O–H groups in total. The molecule has 3 saturated carbocycles. The maximum atomic E-state index is 6.56. The van der Waals surface area contributed by atoms with Crippen molar-refractivity contribution in [2.45, 2.75) is 111 Å². The van der Waals surface area contributed by atoms with E-state index in [0.29, 0.717) is 16.2 Å². The van der Waals surface area contributed by atoms with Crippen LogP contribution in [-0.2, 0) is 0 Å². The van der Waals surface area contributed by atoms with Gasteiger partial charge in [-0.1, -0.05) is 65.5 Å². The van der Waals surface area contributed by atoms with Crippen molar-refractivity contribution in [3.8, 4) is 0 Å². The molecular formula is C27H45Cl. The normalized spacial score (nSPS) is 46.5. The lowest BCUT2D eigenvalue weighted by Gasteiger charge is -2.58. The first-order valence-electron chi connectivity index (χ1n) is 12.6. The third-order valence-electron chi connectivity index (χ3n) is 10.2. The average Bonchev–Trinajstić information content (AvgIpc) is 2.99. The molecule has 0 heterocycles. The van der Waals surface area contributed by atoms with Crippen LogP contribution in [0, 0.1) is 46.3 Å². The van der Waals surface area contributed by atoms with Gasteiger partial charge in [-0.15, -0.1) is 11.6 Å². The van der Waals surface area contributed by atoms with Gasteiger partial charge in [-0.05, 0) is 97.7 Å². The number of hydrogen-bond donors (Lipinski definition) is 0. The van der Waals surface area contributed by atoms with E-state index in [1.807, 2.05) is 0 Å². The van der Waals surface area contributed by atoms with Crippen molar-refractivity contribution >= 4 is 11.6 Å². The summed E-state index contributed by atoms with van der Waals surface area (Å²) in [5.41, 5.74) is 2.82. The minimum absolute atomic E-state index is 0.396. The summed E-state index contributed by atoms with van der Waals surface area (Å²) in [5.74, 6) is 5.62. The Hall–Kier alpha value is 0.0300. The van der Waals surface area contributed by atoms with Crippen molar-refractivity contribution < 1.29 is 0 Å². The molecule has 0 spiro atoms. The standard InChI is InChI=1S/C27H45Cl/c1-18(2)7-6-8-19(3)23-11-12-24-22-10-9-20-17-21(28)13-15-26(20,4)25(22)14-16-27(23,24)5/h9,18-19,21-25H,6-8,10-17H2,1-5H3/t19-,21+,22+,23-,24-,25-,26+,27-/m1/s1. The molecule has 0 aliphatic heterocycles. The highest BCUT2D eigenvalue weighted by Gasteiger charge is 2.58. The van der Waals surface area contributed by atoms with E-state index in [-0.39, 0.29) is 0 Å². The number of hydrogen-bond acceptors (Lipinski definition) is 0. The van der Waals surface area contributed by atoms with Crippen LogP contribution in [0.5, 0.6) is 0 Å². The van der Waals surface area contributed by atoms with Crippen LogP contribution < -0.4 is 0 Å². The van der Waals surface area contributed by atoms with Crippen molar-refractivity contribution in [1.82, 2.24) is 0 Å². The molecule has 0 unspecified atom stereocenters. The van der Waals surface area contributed by atoms with Crippen LogP contribution in [0.2, 0.25) is 0 Å². The zero-order valence-electron chi connectivity index (χ0n) is 19.3. The molecule has 4 rings (SSSR count). The first kappa shape index (κ1) is 21.3. The van der Waals surface area contributed by atoms with Crippen molar-refractivity contribution in [3.63, 3.8) is 0 Å². The largest absolute Gasteiger partial charge is 0.123 e. The van der Waals surface area contributed by atoms with Crippen LogP contribution in [0.1, 0.15) is 105 Å². The van der Waals surface area contributed by atoms with Gasteiger partial charge >= 0.3 is 0 Å². The molecule has 0 radical (unpaired) electrons. The van der Waals surface area contributed by atoms with Crippen molar-refractivity contribution in [2.75, 3.05) is 0 Å². The van der Waals surface area contributed by atoms with E-state index in [9.17, 15) is 0 Å². The molecule has 0 saturated heterocycles. The number of alkyl halides is 1. The topological polar surface area (TPSA) is 0 Å². The third-order valence-corrected chi connectivity index (χ3v) is 10.6. The van der Waals surface area contributed by atoms with E-state index in [2.05, 4.69) is 40.7 Å². The molecule has 3 fully saturated rings. The number of rotatable bonds is 5. The molecule has 8 atom stereocenters. The lowest BCUT2D eigenvalue weighted by Crippen LogP contribution is -2.50. The fraction of sp³-hybridized carbons (Fsp3) is 0.926. The molecule has 160 valence electrons. The lowest BCUT2D eigenvalue weighted by atomic mass is 9.47. The van der Waals surface area contributed by atoms with Gasteiger partial charge in [0.1, 0.15) is 0 Å². The van der Waals surface area contributed by atoms with Crippen LogP contribution in [0.25, 0.3) is 0 Å². The van der Waals surface area contributed by atoms with Gasteiger partial charge in [0.05, 0.1) is 0 Å². The van der Waals surface area contributed by atoms with Gasteiger partial charge in [0.2, 0.25) is 0 Å². The van der Waals surface area contributed by atoms with E-state index in [1.54, 1.807) is 5.57 Å². The zero-order chi connectivity index (χ0) is 20.1. The Kier molecular flexibility index (Phi) is 6.03. The summed E-state index contributed by atoms with van der Waals surface area (Å²) in [6.07, 6.45) is 18.0. The van der Waals surface area contributed by atoms with Gasteiger partial charge < -0.3 is 0 Å². The first-order chi connectivity index (χ1) is 13.3. The van der Waals surface area contributed by atoms with Crippen molar-refractivity contribution in [1.29, 1.82) is 0 Å². The molecule has 0 nitrogen and oxygen atoms in total. The first-order valence-corrected chi connectivity index (χ1v) is 13.0. The summed E-state index contributed by atoms with van der Waals surface area (Å²) in [6, 6.07) is 0. The molecule has 0 aromatic carbocycles. The Morgan fingerprint density at radius 1 is 1.00 bits per heavy atom. The van der Waals surface area contributed by atoms with E-state index in [4.69, 9.17) is 11.6 Å². The highest BCUT2D eigenvalue weighted by molar-refractivity contribution is 6.20. The number of allylic oxidation sites excluding steroid dienone is 2. The molecule has 0 amide bonds. The van der Waals surface area contributed by atoms with Crippen LogP contribution in [0.15, 0.2) is 11.6 Å². The average molecular weight is 405 g/mol. The Bertz CT molecular complexity index is 591. The Morgan fingerprint density at radius 3 is 2.54 bits per heavy atom. The quantitative estimate of drug-likeness (QED) is 0.317. The van der Waals surface area contributed by atoms with Gasteiger partial charge in [-0.2, -0.15) is 0 Å². The summed E-state index contributed by atoms with van der Waals surface area (Å²) in [4.78, 5) is 0. The van der Waals surface area contributed by atoms with E-state index >= 15 is 0 Å². The summed E-state index contributed by atoms with van der Waals surface area (Å²) in [5, 5.41) is 0.396. The second kappa shape index (κ2) is 7.94. The fourth-order valence-corrected chi connectivity index (χ4v) is 8.92. The second-order valence-electron chi connectivity index (χ2n) is 12.1. The van der Waals surface area contributed by atoms with E-state index < -0.39 is 0 Å².